The number of ether oxygens (including phenoxy) is 2. The van der Waals surface area contributed by atoms with Crippen molar-refractivity contribution in [2.75, 3.05) is 14.2 Å². The Hall–Kier alpha value is -2.58. The number of aliphatic hydroxyl groups excluding tert-OH is 1. The number of methoxy groups -OCH3 is 2. The van der Waals surface area contributed by atoms with Crippen LogP contribution in [0, 0.1) is 0 Å². The Morgan fingerprint density at radius 1 is 0.938 bits per heavy atom. The fraction of sp³-hybridized carbons (Fsp3) is 0.250. The Kier molecular flexibility index (Phi) is 7.79. The van der Waals surface area contributed by atoms with E-state index >= 15 is 0 Å². The van der Waals surface area contributed by atoms with Crippen molar-refractivity contribution < 1.29 is 23.0 Å². The second-order valence-electron chi connectivity index (χ2n) is 7.29. The average Bonchev–Trinajstić information content (AvgIpc) is 2.82. The largest absolute Gasteiger partial charge is 0.493 e. The Labute approximate surface area is 194 Å². The van der Waals surface area contributed by atoms with E-state index in [0.717, 1.165) is 0 Å². The summed E-state index contributed by atoms with van der Waals surface area (Å²) in [4.78, 5) is 0.0921. The van der Waals surface area contributed by atoms with Gasteiger partial charge in [-0.2, -0.15) is 4.31 Å². The van der Waals surface area contributed by atoms with Gasteiger partial charge in [-0.3, -0.25) is 0 Å². The lowest BCUT2D eigenvalue weighted by Crippen LogP contribution is -2.41. The molecular formula is C24H26ClNO5S. The molecule has 0 bridgehead atoms. The highest BCUT2D eigenvalue weighted by Gasteiger charge is 2.34. The van der Waals surface area contributed by atoms with Gasteiger partial charge >= 0.3 is 0 Å². The molecule has 0 amide bonds. The molecule has 3 rings (SSSR count). The van der Waals surface area contributed by atoms with Gasteiger partial charge < -0.3 is 14.6 Å². The minimum absolute atomic E-state index is 0.0242. The predicted octanol–water partition coefficient (Wildman–Crippen LogP) is 4.67. The molecular weight excluding hydrogens is 450 g/mol. The highest BCUT2D eigenvalue weighted by molar-refractivity contribution is 7.89. The van der Waals surface area contributed by atoms with Gasteiger partial charge in [0.1, 0.15) is 0 Å². The third-order valence-electron chi connectivity index (χ3n) is 5.26. The van der Waals surface area contributed by atoms with Gasteiger partial charge in [-0.15, -0.1) is 0 Å². The number of sulfonamides is 1. The molecule has 0 aliphatic carbocycles. The van der Waals surface area contributed by atoms with Crippen LogP contribution in [0.2, 0.25) is 5.02 Å². The molecule has 0 fully saturated rings. The van der Waals surface area contributed by atoms with Crippen LogP contribution in [-0.2, 0) is 16.6 Å². The molecule has 6 nitrogen and oxygen atoms in total. The standard InChI is InChI=1S/C24H26ClNO5S/c1-17(24(27)19-7-5-4-6-8-19)26(32(28,29)21-12-10-20(25)11-13-21)16-18-9-14-22(30-2)23(15-18)31-3/h4-15,17,24,27H,16H2,1-3H3. The number of halogens is 1. The maximum atomic E-state index is 13.6. The summed E-state index contributed by atoms with van der Waals surface area (Å²) >= 11 is 5.95. The number of aliphatic hydroxyl groups is 1. The molecule has 3 aromatic rings. The quantitative estimate of drug-likeness (QED) is 0.486. The zero-order valence-electron chi connectivity index (χ0n) is 18.1. The van der Waals surface area contributed by atoms with E-state index in [2.05, 4.69) is 0 Å². The highest BCUT2D eigenvalue weighted by atomic mass is 35.5. The van der Waals surface area contributed by atoms with Crippen LogP contribution >= 0.6 is 11.6 Å². The molecule has 1 N–H and O–H groups in total. The summed E-state index contributed by atoms with van der Waals surface area (Å²) in [6.07, 6.45) is -1.03. The van der Waals surface area contributed by atoms with E-state index in [1.54, 1.807) is 49.4 Å². The first-order valence-electron chi connectivity index (χ1n) is 9.99. The van der Waals surface area contributed by atoms with E-state index in [1.807, 2.05) is 6.07 Å². The van der Waals surface area contributed by atoms with E-state index in [-0.39, 0.29) is 11.4 Å². The van der Waals surface area contributed by atoms with Gasteiger partial charge in [0.05, 0.1) is 31.3 Å². The minimum Gasteiger partial charge on any atom is -0.493 e. The number of hydrogen-bond donors (Lipinski definition) is 1. The van der Waals surface area contributed by atoms with Crippen LogP contribution in [-0.4, -0.2) is 38.1 Å². The van der Waals surface area contributed by atoms with Gasteiger partial charge in [0, 0.05) is 11.6 Å². The number of hydrogen-bond acceptors (Lipinski definition) is 5. The van der Waals surface area contributed by atoms with Gasteiger partial charge in [0.25, 0.3) is 0 Å². The van der Waals surface area contributed by atoms with Crippen LogP contribution in [0.1, 0.15) is 24.2 Å². The monoisotopic (exact) mass is 475 g/mol. The summed E-state index contributed by atoms with van der Waals surface area (Å²) in [6, 6.07) is 19.4. The topological polar surface area (TPSA) is 76.1 Å². The Morgan fingerprint density at radius 3 is 2.16 bits per heavy atom. The van der Waals surface area contributed by atoms with Crippen molar-refractivity contribution >= 4 is 21.6 Å². The lowest BCUT2D eigenvalue weighted by molar-refractivity contribution is 0.0960. The summed E-state index contributed by atoms with van der Waals surface area (Å²) in [7, 11) is -0.907. The lowest BCUT2D eigenvalue weighted by Gasteiger charge is -2.32. The predicted molar refractivity (Wildman–Crippen MR) is 125 cm³/mol. The molecule has 3 aromatic carbocycles. The highest BCUT2D eigenvalue weighted by Crippen LogP contribution is 2.32. The van der Waals surface area contributed by atoms with Crippen LogP contribution in [0.4, 0.5) is 0 Å². The minimum atomic E-state index is -3.96. The molecule has 0 saturated carbocycles. The summed E-state index contributed by atoms with van der Waals surface area (Å²) in [6.45, 7) is 1.71. The van der Waals surface area contributed by atoms with Crippen molar-refractivity contribution in [2.24, 2.45) is 0 Å². The van der Waals surface area contributed by atoms with Crippen molar-refractivity contribution in [2.45, 2.75) is 30.5 Å². The number of rotatable bonds is 9. The Balaban J connectivity index is 2.03. The van der Waals surface area contributed by atoms with Crippen LogP contribution in [0.15, 0.2) is 77.7 Å². The molecule has 2 atom stereocenters. The van der Waals surface area contributed by atoms with E-state index in [1.165, 1.54) is 42.8 Å². The van der Waals surface area contributed by atoms with E-state index < -0.39 is 22.2 Å². The SMILES string of the molecule is COc1ccc(CN(C(C)C(O)c2ccccc2)S(=O)(=O)c2ccc(Cl)cc2)cc1OC. The van der Waals surface area contributed by atoms with E-state index in [4.69, 9.17) is 21.1 Å². The smallest absolute Gasteiger partial charge is 0.243 e. The molecule has 0 heterocycles. The van der Waals surface area contributed by atoms with Crippen LogP contribution in [0.3, 0.4) is 0 Å². The first-order valence-corrected chi connectivity index (χ1v) is 11.8. The second kappa shape index (κ2) is 10.4. The van der Waals surface area contributed by atoms with Gasteiger partial charge in [0.2, 0.25) is 10.0 Å². The molecule has 0 spiro atoms. The molecule has 32 heavy (non-hydrogen) atoms. The summed E-state index contributed by atoms with van der Waals surface area (Å²) in [5.41, 5.74) is 1.32. The molecule has 0 aliphatic heterocycles. The Morgan fingerprint density at radius 2 is 1.56 bits per heavy atom. The maximum absolute atomic E-state index is 13.6. The lowest BCUT2D eigenvalue weighted by atomic mass is 10.0. The zero-order valence-corrected chi connectivity index (χ0v) is 19.7. The maximum Gasteiger partial charge on any atom is 0.243 e. The number of benzene rings is 3. The van der Waals surface area contributed by atoms with Gasteiger partial charge in [-0.1, -0.05) is 48.0 Å². The first-order chi connectivity index (χ1) is 15.3. The molecule has 2 unspecified atom stereocenters. The molecule has 0 aromatic heterocycles. The molecule has 0 saturated heterocycles. The molecule has 8 heteroatoms. The third kappa shape index (κ3) is 5.24. The van der Waals surface area contributed by atoms with Crippen molar-refractivity contribution in [3.05, 3.63) is 88.9 Å². The average molecular weight is 476 g/mol. The third-order valence-corrected chi connectivity index (χ3v) is 7.46. The van der Waals surface area contributed by atoms with Crippen LogP contribution < -0.4 is 9.47 Å². The van der Waals surface area contributed by atoms with Crippen molar-refractivity contribution in [3.63, 3.8) is 0 Å². The summed E-state index contributed by atoms with van der Waals surface area (Å²) in [5, 5.41) is 11.4. The second-order valence-corrected chi connectivity index (χ2v) is 9.62. The summed E-state index contributed by atoms with van der Waals surface area (Å²) in [5.74, 6) is 1.03. The van der Waals surface area contributed by atoms with E-state index in [9.17, 15) is 13.5 Å². The Bertz CT molecular complexity index is 1140. The first kappa shape index (κ1) is 24.1. The van der Waals surface area contributed by atoms with Gasteiger partial charge in [-0.25, -0.2) is 8.42 Å². The van der Waals surface area contributed by atoms with Crippen molar-refractivity contribution in [1.82, 2.24) is 4.31 Å². The van der Waals surface area contributed by atoms with E-state index in [0.29, 0.717) is 27.6 Å². The number of nitrogens with zero attached hydrogens (tertiary/aromatic N) is 1. The zero-order chi connectivity index (χ0) is 23.3. The fourth-order valence-electron chi connectivity index (χ4n) is 3.43. The van der Waals surface area contributed by atoms with Crippen LogP contribution in [0.25, 0.3) is 0 Å². The van der Waals surface area contributed by atoms with Crippen LogP contribution in [0.5, 0.6) is 11.5 Å². The van der Waals surface area contributed by atoms with Gasteiger partial charge in [0.15, 0.2) is 11.5 Å². The summed E-state index contributed by atoms with van der Waals surface area (Å²) < 4.78 is 39.2. The van der Waals surface area contributed by atoms with Gasteiger partial charge in [-0.05, 0) is 54.4 Å². The van der Waals surface area contributed by atoms with Crippen molar-refractivity contribution in [1.29, 1.82) is 0 Å². The molecule has 0 radical (unpaired) electrons. The van der Waals surface area contributed by atoms with Crippen molar-refractivity contribution in [3.8, 4) is 11.5 Å². The fourth-order valence-corrected chi connectivity index (χ4v) is 5.18. The molecule has 170 valence electrons. The normalized spacial score (nSPS) is 13.6. The molecule has 0 aliphatic rings.